The van der Waals surface area contributed by atoms with Gasteiger partial charge in [-0.1, -0.05) is 23.2 Å². The topological polar surface area (TPSA) is 59.1 Å². The van der Waals surface area contributed by atoms with Crippen LogP contribution in [0.2, 0.25) is 10.2 Å². The van der Waals surface area contributed by atoms with Gasteiger partial charge in [0.25, 0.3) is 0 Å². The third-order valence-corrected chi connectivity index (χ3v) is 2.33. The second-order valence-corrected chi connectivity index (χ2v) is 3.40. The van der Waals surface area contributed by atoms with E-state index in [0.717, 1.165) is 0 Å². The maximum Gasteiger partial charge on any atom is 0.147 e. The molecule has 0 aliphatic rings. The highest BCUT2D eigenvalue weighted by Gasteiger charge is 2.08. The summed E-state index contributed by atoms with van der Waals surface area (Å²) in [7, 11) is 0. The Morgan fingerprint density at radius 2 is 2.23 bits per heavy atom. The summed E-state index contributed by atoms with van der Waals surface area (Å²) >= 11 is 11.3. The van der Waals surface area contributed by atoms with Crippen LogP contribution in [0.15, 0.2) is 12.3 Å². The molecule has 5 heteroatoms. The molecule has 3 N–H and O–H groups in total. The summed E-state index contributed by atoms with van der Waals surface area (Å²) in [5.74, 6) is 0. The Morgan fingerprint density at radius 3 is 2.77 bits per heavy atom. The van der Waals surface area contributed by atoms with Gasteiger partial charge in [-0.2, -0.15) is 0 Å². The van der Waals surface area contributed by atoms with Crippen molar-refractivity contribution in [2.75, 3.05) is 6.54 Å². The summed E-state index contributed by atoms with van der Waals surface area (Å²) in [5.41, 5.74) is 5.93. The van der Waals surface area contributed by atoms with Crippen molar-refractivity contribution in [2.24, 2.45) is 5.73 Å². The Bertz CT molecular complexity index is 293. The normalized spacial score (nSPS) is 12.9. The largest absolute Gasteiger partial charge is 0.388 e. The molecule has 0 radical (unpaired) electrons. The van der Waals surface area contributed by atoms with Crippen LogP contribution in [0.25, 0.3) is 0 Å². The Hall–Kier alpha value is -0.350. The van der Waals surface area contributed by atoms with Gasteiger partial charge in [0.15, 0.2) is 0 Å². The molecule has 0 spiro atoms. The van der Waals surface area contributed by atoms with Gasteiger partial charge in [0.05, 0.1) is 11.1 Å². The first-order valence-electron chi connectivity index (χ1n) is 3.84. The van der Waals surface area contributed by atoms with Crippen molar-refractivity contribution in [3.8, 4) is 0 Å². The predicted molar refractivity (Wildman–Crippen MR) is 52.9 cm³/mol. The lowest BCUT2D eigenvalue weighted by molar-refractivity contribution is 0.170. The van der Waals surface area contributed by atoms with E-state index in [2.05, 4.69) is 4.98 Å². The van der Waals surface area contributed by atoms with Crippen LogP contribution in [0, 0.1) is 0 Å². The molecule has 0 unspecified atom stereocenters. The van der Waals surface area contributed by atoms with Gasteiger partial charge in [-0.3, -0.25) is 0 Å². The van der Waals surface area contributed by atoms with Crippen molar-refractivity contribution >= 4 is 23.2 Å². The van der Waals surface area contributed by atoms with Gasteiger partial charge in [-0.05, 0) is 19.0 Å². The number of nitrogens with zero attached hydrogens (tertiary/aromatic N) is 1. The smallest absolute Gasteiger partial charge is 0.147 e. The predicted octanol–water partition coefficient (Wildman–Crippen LogP) is 1.77. The molecule has 0 bridgehead atoms. The molecule has 13 heavy (non-hydrogen) atoms. The van der Waals surface area contributed by atoms with E-state index in [1.807, 2.05) is 0 Å². The first kappa shape index (κ1) is 10.7. The Labute approximate surface area is 86.5 Å². The highest BCUT2D eigenvalue weighted by molar-refractivity contribution is 6.41. The van der Waals surface area contributed by atoms with Gasteiger partial charge < -0.3 is 10.8 Å². The standard InChI is InChI=1S/C8H10Cl2N2O/c9-6-3-5(4-12-8(6)10)7(13)1-2-11/h3-4,7,13H,1-2,11H2/t7-/m1/s1. The lowest BCUT2D eigenvalue weighted by Crippen LogP contribution is -2.06. The fourth-order valence-electron chi connectivity index (χ4n) is 0.943. The van der Waals surface area contributed by atoms with Crippen molar-refractivity contribution in [2.45, 2.75) is 12.5 Å². The number of nitrogens with two attached hydrogens (primary N) is 1. The van der Waals surface area contributed by atoms with E-state index in [4.69, 9.17) is 28.9 Å². The van der Waals surface area contributed by atoms with Crippen LogP contribution in [0.4, 0.5) is 0 Å². The van der Waals surface area contributed by atoms with E-state index < -0.39 is 6.10 Å². The number of hydrogen-bond acceptors (Lipinski definition) is 3. The minimum atomic E-state index is -0.618. The Kier molecular flexibility index (Phi) is 3.93. The maximum absolute atomic E-state index is 9.51. The molecule has 72 valence electrons. The lowest BCUT2D eigenvalue weighted by Gasteiger charge is -2.09. The van der Waals surface area contributed by atoms with E-state index >= 15 is 0 Å². The number of rotatable bonds is 3. The third-order valence-electron chi connectivity index (χ3n) is 1.64. The summed E-state index contributed by atoms with van der Waals surface area (Å²) in [4.78, 5) is 3.81. The molecular formula is C8H10Cl2N2O. The molecule has 1 rings (SSSR count). The molecule has 3 nitrogen and oxygen atoms in total. The van der Waals surface area contributed by atoms with Crippen LogP contribution in [-0.2, 0) is 0 Å². The summed E-state index contributed by atoms with van der Waals surface area (Å²) in [6.07, 6.45) is 1.36. The molecule has 0 aliphatic carbocycles. The van der Waals surface area contributed by atoms with Gasteiger partial charge in [-0.15, -0.1) is 0 Å². The number of pyridine rings is 1. The van der Waals surface area contributed by atoms with E-state index in [-0.39, 0.29) is 5.15 Å². The zero-order chi connectivity index (χ0) is 9.84. The monoisotopic (exact) mass is 220 g/mol. The SMILES string of the molecule is NCC[C@@H](O)c1cnc(Cl)c(Cl)c1. The van der Waals surface area contributed by atoms with E-state index in [0.29, 0.717) is 23.6 Å². The highest BCUT2D eigenvalue weighted by atomic mass is 35.5. The summed E-state index contributed by atoms with van der Waals surface area (Å²) in [6, 6.07) is 1.59. The van der Waals surface area contributed by atoms with Crippen LogP contribution in [0.5, 0.6) is 0 Å². The quantitative estimate of drug-likeness (QED) is 0.764. The first-order chi connectivity index (χ1) is 6.15. The van der Waals surface area contributed by atoms with Crippen LogP contribution in [0.3, 0.4) is 0 Å². The fraction of sp³-hybridized carbons (Fsp3) is 0.375. The molecular weight excluding hydrogens is 211 g/mol. The maximum atomic E-state index is 9.51. The van der Waals surface area contributed by atoms with Crippen LogP contribution < -0.4 is 5.73 Å². The van der Waals surface area contributed by atoms with Crippen LogP contribution in [-0.4, -0.2) is 16.6 Å². The molecule has 0 aromatic carbocycles. The zero-order valence-corrected chi connectivity index (χ0v) is 8.39. The van der Waals surface area contributed by atoms with E-state index in [1.54, 1.807) is 6.07 Å². The van der Waals surface area contributed by atoms with Crippen molar-refractivity contribution in [1.82, 2.24) is 4.98 Å². The minimum absolute atomic E-state index is 0.241. The summed E-state index contributed by atoms with van der Waals surface area (Å²) < 4.78 is 0. The molecule has 1 aromatic heterocycles. The molecule has 1 aromatic rings. The minimum Gasteiger partial charge on any atom is -0.388 e. The van der Waals surface area contributed by atoms with Gasteiger partial charge in [0, 0.05) is 11.8 Å². The van der Waals surface area contributed by atoms with E-state index in [9.17, 15) is 5.11 Å². The second-order valence-electron chi connectivity index (χ2n) is 2.63. The highest BCUT2D eigenvalue weighted by Crippen LogP contribution is 2.24. The summed E-state index contributed by atoms with van der Waals surface area (Å²) in [5, 5.41) is 10.1. The number of aromatic nitrogens is 1. The van der Waals surface area contributed by atoms with Crippen molar-refractivity contribution in [1.29, 1.82) is 0 Å². The molecule has 1 atom stereocenters. The number of aliphatic hydroxyl groups is 1. The van der Waals surface area contributed by atoms with Gasteiger partial charge in [-0.25, -0.2) is 4.98 Å². The van der Waals surface area contributed by atoms with Crippen molar-refractivity contribution in [3.63, 3.8) is 0 Å². The molecule has 0 aliphatic heterocycles. The average molecular weight is 221 g/mol. The van der Waals surface area contributed by atoms with Gasteiger partial charge in [0.1, 0.15) is 5.15 Å². The third kappa shape index (κ3) is 2.81. The van der Waals surface area contributed by atoms with Crippen LogP contribution in [0.1, 0.15) is 18.1 Å². The van der Waals surface area contributed by atoms with Crippen molar-refractivity contribution in [3.05, 3.63) is 28.0 Å². The fourth-order valence-corrected chi connectivity index (χ4v) is 1.22. The number of aliphatic hydroxyl groups excluding tert-OH is 1. The summed E-state index contributed by atoms with van der Waals surface area (Å²) in [6.45, 7) is 0.418. The second kappa shape index (κ2) is 4.77. The van der Waals surface area contributed by atoms with Gasteiger partial charge in [0.2, 0.25) is 0 Å². The van der Waals surface area contributed by atoms with E-state index in [1.165, 1.54) is 6.20 Å². The zero-order valence-electron chi connectivity index (χ0n) is 6.87. The number of hydrogen-bond donors (Lipinski definition) is 2. The molecule has 0 saturated heterocycles. The Balaban J connectivity index is 2.84. The van der Waals surface area contributed by atoms with Gasteiger partial charge >= 0.3 is 0 Å². The molecule has 0 amide bonds. The van der Waals surface area contributed by atoms with Crippen LogP contribution >= 0.6 is 23.2 Å². The number of halogens is 2. The first-order valence-corrected chi connectivity index (χ1v) is 4.60. The average Bonchev–Trinajstić information content (AvgIpc) is 2.10. The van der Waals surface area contributed by atoms with Crippen molar-refractivity contribution < 1.29 is 5.11 Å². The Morgan fingerprint density at radius 1 is 1.54 bits per heavy atom. The molecule has 0 fully saturated rings. The molecule has 1 heterocycles. The lowest BCUT2D eigenvalue weighted by atomic mass is 10.1. The molecule has 0 saturated carbocycles.